The zero-order valence-electron chi connectivity index (χ0n) is 11.2. The van der Waals surface area contributed by atoms with E-state index in [1.54, 1.807) is 24.7 Å². The van der Waals surface area contributed by atoms with Gasteiger partial charge in [0.05, 0.1) is 5.69 Å². The lowest BCUT2D eigenvalue weighted by Crippen LogP contribution is -2.09. The SMILES string of the molecule is c1ccc(/C(=N/Nc2ncccn2)c2ccccn2)cc1. The second-order valence-corrected chi connectivity index (χ2v) is 4.23. The average molecular weight is 275 g/mol. The van der Waals surface area contributed by atoms with Crippen molar-refractivity contribution < 1.29 is 0 Å². The summed E-state index contributed by atoms with van der Waals surface area (Å²) in [5.74, 6) is 0.446. The molecule has 2 aromatic heterocycles. The van der Waals surface area contributed by atoms with Crippen molar-refractivity contribution in [3.05, 3.63) is 84.4 Å². The van der Waals surface area contributed by atoms with Gasteiger partial charge in [0.2, 0.25) is 5.95 Å². The molecule has 0 fully saturated rings. The lowest BCUT2D eigenvalue weighted by molar-refractivity contribution is 1.11. The van der Waals surface area contributed by atoms with Crippen LogP contribution in [-0.4, -0.2) is 20.7 Å². The van der Waals surface area contributed by atoms with E-state index in [9.17, 15) is 0 Å². The van der Waals surface area contributed by atoms with Gasteiger partial charge in [-0.05, 0) is 18.2 Å². The molecule has 0 aliphatic carbocycles. The van der Waals surface area contributed by atoms with Gasteiger partial charge >= 0.3 is 0 Å². The molecule has 5 heteroatoms. The normalized spacial score (nSPS) is 11.1. The Morgan fingerprint density at radius 1 is 0.762 bits per heavy atom. The van der Waals surface area contributed by atoms with Gasteiger partial charge in [0.15, 0.2) is 0 Å². The van der Waals surface area contributed by atoms with E-state index in [2.05, 4.69) is 25.5 Å². The van der Waals surface area contributed by atoms with Crippen LogP contribution in [0.4, 0.5) is 5.95 Å². The smallest absolute Gasteiger partial charge is 0.243 e. The molecule has 5 nitrogen and oxygen atoms in total. The number of hydrazone groups is 1. The molecule has 1 aromatic carbocycles. The fourth-order valence-electron chi connectivity index (χ4n) is 1.83. The number of pyridine rings is 1. The van der Waals surface area contributed by atoms with Crippen molar-refractivity contribution in [2.75, 3.05) is 5.43 Å². The van der Waals surface area contributed by atoms with Crippen LogP contribution in [0.5, 0.6) is 0 Å². The summed E-state index contributed by atoms with van der Waals surface area (Å²) >= 11 is 0. The van der Waals surface area contributed by atoms with Gasteiger partial charge < -0.3 is 0 Å². The predicted octanol–water partition coefficient (Wildman–Crippen LogP) is 2.74. The van der Waals surface area contributed by atoms with Crippen molar-refractivity contribution in [3.63, 3.8) is 0 Å². The third-order valence-electron chi connectivity index (χ3n) is 2.79. The molecule has 0 spiro atoms. The Labute approximate surface area is 122 Å². The molecular weight excluding hydrogens is 262 g/mol. The largest absolute Gasteiger partial charge is 0.255 e. The van der Waals surface area contributed by atoms with Crippen molar-refractivity contribution in [2.24, 2.45) is 5.10 Å². The van der Waals surface area contributed by atoms with E-state index < -0.39 is 0 Å². The topological polar surface area (TPSA) is 63.1 Å². The number of nitrogens with zero attached hydrogens (tertiary/aromatic N) is 4. The molecule has 0 amide bonds. The first kappa shape index (κ1) is 12.9. The van der Waals surface area contributed by atoms with E-state index in [0.717, 1.165) is 17.0 Å². The Morgan fingerprint density at radius 2 is 1.48 bits per heavy atom. The van der Waals surface area contributed by atoms with Crippen LogP contribution in [0.2, 0.25) is 0 Å². The highest BCUT2D eigenvalue weighted by Gasteiger charge is 2.08. The Bertz CT molecular complexity index is 670. The molecule has 1 N–H and O–H groups in total. The van der Waals surface area contributed by atoms with Gasteiger partial charge in [0.25, 0.3) is 0 Å². The first-order chi connectivity index (χ1) is 10.4. The van der Waals surface area contributed by atoms with E-state index in [-0.39, 0.29) is 0 Å². The first-order valence-corrected chi connectivity index (χ1v) is 6.51. The summed E-state index contributed by atoms with van der Waals surface area (Å²) in [7, 11) is 0. The fraction of sp³-hybridized carbons (Fsp3) is 0. The number of hydrogen-bond acceptors (Lipinski definition) is 5. The minimum absolute atomic E-state index is 0.446. The quantitative estimate of drug-likeness (QED) is 0.587. The van der Waals surface area contributed by atoms with Crippen LogP contribution >= 0.6 is 0 Å². The number of aromatic nitrogens is 3. The van der Waals surface area contributed by atoms with Crippen molar-refractivity contribution in [2.45, 2.75) is 0 Å². The van der Waals surface area contributed by atoms with E-state index in [1.165, 1.54) is 0 Å². The highest BCUT2D eigenvalue weighted by molar-refractivity contribution is 6.11. The molecular formula is C16H13N5. The predicted molar refractivity (Wildman–Crippen MR) is 82.0 cm³/mol. The lowest BCUT2D eigenvalue weighted by atomic mass is 10.1. The van der Waals surface area contributed by atoms with Crippen LogP contribution in [0.15, 0.2) is 78.3 Å². The molecule has 0 bridgehead atoms. The zero-order valence-corrected chi connectivity index (χ0v) is 11.2. The highest BCUT2D eigenvalue weighted by Crippen LogP contribution is 2.09. The van der Waals surface area contributed by atoms with Crippen LogP contribution in [0.1, 0.15) is 11.3 Å². The van der Waals surface area contributed by atoms with Crippen LogP contribution in [-0.2, 0) is 0 Å². The number of nitrogens with one attached hydrogen (secondary N) is 1. The summed E-state index contributed by atoms with van der Waals surface area (Å²) in [4.78, 5) is 12.5. The molecule has 3 aromatic rings. The third-order valence-corrected chi connectivity index (χ3v) is 2.79. The molecule has 2 heterocycles. The second kappa shape index (κ2) is 6.38. The Morgan fingerprint density at radius 3 is 2.19 bits per heavy atom. The molecule has 0 saturated carbocycles. The Hall–Kier alpha value is -3.08. The van der Waals surface area contributed by atoms with Crippen LogP contribution < -0.4 is 5.43 Å². The number of benzene rings is 1. The average Bonchev–Trinajstić information content (AvgIpc) is 2.58. The van der Waals surface area contributed by atoms with Gasteiger partial charge in [-0.2, -0.15) is 5.10 Å². The minimum atomic E-state index is 0.446. The molecule has 0 atom stereocenters. The fourth-order valence-corrected chi connectivity index (χ4v) is 1.83. The molecule has 0 unspecified atom stereocenters. The maximum absolute atomic E-state index is 4.41. The van der Waals surface area contributed by atoms with Crippen molar-refractivity contribution in [1.82, 2.24) is 15.0 Å². The van der Waals surface area contributed by atoms with Gasteiger partial charge in [-0.1, -0.05) is 36.4 Å². The van der Waals surface area contributed by atoms with Crippen molar-refractivity contribution in [3.8, 4) is 0 Å². The van der Waals surface area contributed by atoms with Gasteiger partial charge in [0.1, 0.15) is 5.71 Å². The summed E-state index contributed by atoms with van der Waals surface area (Å²) in [5.41, 5.74) is 5.36. The molecule has 0 aliphatic rings. The molecule has 102 valence electrons. The lowest BCUT2D eigenvalue weighted by Gasteiger charge is -2.06. The summed E-state index contributed by atoms with van der Waals surface area (Å²) in [5, 5.41) is 4.41. The standard InChI is InChI=1S/C16H13N5/c1-2-7-13(8-3-1)15(14-9-4-5-10-17-14)20-21-16-18-11-6-12-19-16/h1-12H,(H,18,19,21)/b20-15-. The number of anilines is 1. The maximum atomic E-state index is 4.41. The first-order valence-electron chi connectivity index (χ1n) is 6.51. The van der Waals surface area contributed by atoms with E-state index in [1.807, 2.05) is 48.5 Å². The van der Waals surface area contributed by atoms with Crippen LogP contribution in [0, 0.1) is 0 Å². The number of rotatable bonds is 4. The van der Waals surface area contributed by atoms with Crippen molar-refractivity contribution >= 4 is 11.7 Å². The summed E-state index contributed by atoms with van der Waals surface area (Å²) in [6.45, 7) is 0. The van der Waals surface area contributed by atoms with E-state index >= 15 is 0 Å². The summed E-state index contributed by atoms with van der Waals surface area (Å²) in [6, 6.07) is 17.3. The third kappa shape index (κ3) is 3.27. The van der Waals surface area contributed by atoms with Gasteiger partial charge in [0, 0.05) is 24.2 Å². The van der Waals surface area contributed by atoms with E-state index in [4.69, 9.17) is 0 Å². The summed E-state index contributed by atoms with van der Waals surface area (Å²) in [6.07, 6.45) is 5.06. The van der Waals surface area contributed by atoms with Gasteiger partial charge in [-0.15, -0.1) is 0 Å². The zero-order chi connectivity index (χ0) is 14.3. The molecule has 21 heavy (non-hydrogen) atoms. The molecule has 0 aliphatic heterocycles. The minimum Gasteiger partial charge on any atom is -0.255 e. The van der Waals surface area contributed by atoms with E-state index in [0.29, 0.717) is 5.95 Å². The van der Waals surface area contributed by atoms with Crippen molar-refractivity contribution in [1.29, 1.82) is 0 Å². The molecule has 3 rings (SSSR count). The Balaban J connectivity index is 1.97. The highest BCUT2D eigenvalue weighted by atomic mass is 15.4. The molecule has 0 saturated heterocycles. The maximum Gasteiger partial charge on any atom is 0.243 e. The Kier molecular flexibility index (Phi) is 3.93. The molecule has 0 radical (unpaired) electrons. The monoisotopic (exact) mass is 275 g/mol. The second-order valence-electron chi connectivity index (χ2n) is 4.23. The van der Waals surface area contributed by atoms with Gasteiger partial charge in [-0.3, -0.25) is 4.98 Å². The van der Waals surface area contributed by atoms with Gasteiger partial charge in [-0.25, -0.2) is 15.4 Å². The van der Waals surface area contributed by atoms with Crippen LogP contribution in [0.3, 0.4) is 0 Å². The summed E-state index contributed by atoms with van der Waals surface area (Å²) < 4.78 is 0. The van der Waals surface area contributed by atoms with Crippen LogP contribution in [0.25, 0.3) is 0 Å². The number of hydrogen-bond donors (Lipinski definition) is 1.